The zero-order valence-electron chi connectivity index (χ0n) is 6.84. The minimum Gasteiger partial charge on any atom is -0.378 e. The normalized spacial score (nSPS) is 14.2. The highest BCUT2D eigenvalue weighted by Gasteiger charge is 2.40. The molecule has 1 heterocycles. The molecule has 72 valence electrons. The lowest BCUT2D eigenvalue weighted by molar-refractivity contribution is -0.207. The molecule has 0 aromatic carbocycles. The van der Waals surface area contributed by atoms with Crippen LogP contribution in [-0.2, 0) is 0 Å². The standard InChI is InChI=1S/C8H8F3NO/c1-5-2-3-6(12-4-5)7(13)8(9,10)11/h2-4,7,13H,1H3. The van der Waals surface area contributed by atoms with E-state index < -0.39 is 12.3 Å². The maximum absolute atomic E-state index is 11.9. The Hall–Kier alpha value is -1.10. The molecule has 0 spiro atoms. The van der Waals surface area contributed by atoms with Crippen molar-refractivity contribution in [2.45, 2.75) is 19.2 Å². The topological polar surface area (TPSA) is 33.1 Å². The molecule has 1 aromatic rings. The molecule has 13 heavy (non-hydrogen) atoms. The average Bonchev–Trinajstić information content (AvgIpc) is 2.03. The fraction of sp³-hybridized carbons (Fsp3) is 0.375. The molecule has 0 bridgehead atoms. The van der Waals surface area contributed by atoms with Gasteiger partial charge in [0.05, 0.1) is 5.69 Å². The fourth-order valence-electron chi connectivity index (χ4n) is 0.809. The van der Waals surface area contributed by atoms with Crippen LogP contribution < -0.4 is 0 Å². The number of aliphatic hydroxyl groups is 1. The van der Waals surface area contributed by atoms with Gasteiger partial charge < -0.3 is 5.11 Å². The zero-order chi connectivity index (χ0) is 10.1. The van der Waals surface area contributed by atoms with Gasteiger partial charge in [-0.1, -0.05) is 6.07 Å². The Labute approximate surface area is 73.0 Å². The molecule has 0 amide bonds. The Kier molecular flexibility index (Phi) is 2.56. The quantitative estimate of drug-likeness (QED) is 0.736. The Morgan fingerprint density at radius 3 is 2.38 bits per heavy atom. The van der Waals surface area contributed by atoms with Crippen molar-refractivity contribution in [3.8, 4) is 0 Å². The molecular weight excluding hydrogens is 183 g/mol. The molecular formula is C8H8F3NO. The number of halogens is 3. The third kappa shape index (κ3) is 2.42. The molecule has 1 N–H and O–H groups in total. The van der Waals surface area contributed by atoms with Crippen LogP contribution in [0.25, 0.3) is 0 Å². The number of aromatic nitrogens is 1. The first kappa shape index (κ1) is 9.98. The molecule has 0 fully saturated rings. The predicted molar refractivity (Wildman–Crippen MR) is 40.0 cm³/mol. The first-order valence-corrected chi connectivity index (χ1v) is 3.58. The summed E-state index contributed by atoms with van der Waals surface area (Å²) in [6.07, 6.45) is -5.86. The van der Waals surface area contributed by atoms with Crippen LogP contribution in [0.3, 0.4) is 0 Å². The van der Waals surface area contributed by atoms with Gasteiger partial charge in [-0.3, -0.25) is 4.98 Å². The number of nitrogens with zero attached hydrogens (tertiary/aromatic N) is 1. The summed E-state index contributed by atoms with van der Waals surface area (Å²) in [5.74, 6) is 0. The van der Waals surface area contributed by atoms with E-state index >= 15 is 0 Å². The Balaban J connectivity index is 2.90. The highest BCUT2D eigenvalue weighted by molar-refractivity contribution is 5.14. The number of hydrogen-bond donors (Lipinski definition) is 1. The van der Waals surface area contributed by atoms with E-state index in [-0.39, 0.29) is 5.69 Å². The number of aryl methyl sites for hydroxylation is 1. The van der Waals surface area contributed by atoms with Crippen LogP contribution in [0.4, 0.5) is 13.2 Å². The highest BCUT2D eigenvalue weighted by atomic mass is 19.4. The van der Waals surface area contributed by atoms with Crippen LogP contribution in [0.15, 0.2) is 18.3 Å². The molecule has 1 aromatic heterocycles. The van der Waals surface area contributed by atoms with Crippen molar-refractivity contribution >= 4 is 0 Å². The largest absolute Gasteiger partial charge is 0.420 e. The summed E-state index contributed by atoms with van der Waals surface area (Å²) >= 11 is 0. The van der Waals surface area contributed by atoms with Crippen LogP contribution in [0.5, 0.6) is 0 Å². The van der Waals surface area contributed by atoms with Crippen molar-refractivity contribution in [2.24, 2.45) is 0 Å². The lowest BCUT2D eigenvalue weighted by Crippen LogP contribution is -2.21. The second-order valence-corrected chi connectivity index (χ2v) is 2.70. The van der Waals surface area contributed by atoms with E-state index in [0.29, 0.717) is 0 Å². The van der Waals surface area contributed by atoms with Crippen LogP contribution in [0, 0.1) is 6.92 Å². The number of pyridine rings is 1. The van der Waals surface area contributed by atoms with E-state index in [1.54, 1.807) is 6.92 Å². The van der Waals surface area contributed by atoms with Gasteiger partial charge in [-0.25, -0.2) is 0 Å². The number of aliphatic hydroxyl groups excluding tert-OH is 1. The second kappa shape index (κ2) is 3.33. The Morgan fingerprint density at radius 2 is 2.00 bits per heavy atom. The van der Waals surface area contributed by atoms with E-state index in [2.05, 4.69) is 4.98 Å². The van der Waals surface area contributed by atoms with Gasteiger partial charge in [-0.15, -0.1) is 0 Å². The van der Waals surface area contributed by atoms with E-state index in [1.165, 1.54) is 12.3 Å². The molecule has 1 unspecified atom stereocenters. The zero-order valence-corrected chi connectivity index (χ0v) is 6.84. The van der Waals surface area contributed by atoms with Gasteiger partial charge in [-0.2, -0.15) is 13.2 Å². The highest BCUT2D eigenvalue weighted by Crippen LogP contribution is 2.30. The number of rotatable bonds is 1. The van der Waals surface area contributed by atoms with Crippen molar-refractivity contribution in [2.75, 3.05) is 0 Å². The Bertz CT molecular complexity index is 280. The molecule has 0 saturated heterocycles. The first-order valence-electron chi connectivity index (χ1n) is 3.58. The summed E-state index contributed by atoms with van der Waals surface area (Å²) in [7, 11) is 0. The minimum absolute atomic E-state index is 0.377. The summed E-state index contributed by atoms with van der Waals surface area (Å²) < 4.78 is 35.8. The molecule has 0 aliphatic heterocycles. The van der Waals surface area contributed by atoms with Crippen LogP contribution in [0.2, 0.25) is 0 Å². The monoisotopic (exact) mass is 191 g/mol. The second-order valence-electron chi connectivity index (χ2n) is 2.70. The number of alkyl halides is 3. The third-order valence-corrected chi connectivity index (χ3v) is 1.52. The summed E-state index contributed by atoms with van der Waals surface area (Å²) in [5, 5.41) is 8.76. The molecule has 0 saturated carbocycles. The van der Waals surface area contributed by atoms with Gasteiger partial charge in [0.1, 0.15) is 0 Å². The molecule has 0 aliphatic carbocycles. The van der Waals surface area contributed by atoms with Gasteiger partial charge >= 0.3 is 6.18 Å². The minimum atomic E-state index is -4.65. The molecule has 1 atom stereocenters. The summed E-state index contributed by atoms with van der Waals surface area (Å²) in [4.78, 5) is 3.47. The summed E-state index contributed by atoms with van der Waals surface area (Å²) in [6.45, 7) is 1.71. The SMILES string of the molecule is Cc1ccc(C(O)C(F)(F)F)nc1. The van der Waals surface area contributed by atoms with E-state index in [9.17, 15) is 13.2 Å². The predicted octanol–water partition coefficient (Wildman–Crippen LogP) is 1.99. The average molecular weight is 191 g/mol. The molecule has 1 rings (SSSR count). The summed E-state index contributed by atoms with van der Waals surface area (Å²) in [6, 6.07) is 2.63. The van der Waals surface area contributed by atoms with Gasteiger partial charge in [0.2, 0.25) is 0 Å². The third-order valence-electron chi connectivity index (χ3n) is 1.52. The summed E-state index contributed by atoms with van der Waals surface area (Å²) in [5.41, 5.74) is 0.372. The van der Waals surface area contributed by atoms with Crippen molar-refractivity contribution in [1.82, 2.24) is 4.98 Å². The molecule has 5 heteroatoms. The molecule has 0 aliphatic rings. The van der Waals surface area contributed by atoms with E-state index in [0.717, 1.165) is 11.6 Å². The fourth-order valence-corrected chi connectivity index (χ4v) is 0.809. The smallest absolute Gasteiger partial charge is 0.378 e. The van der Waals surface area contributed by atoms with Crippen LogP contribution >= 0.6 is 0 Å². The van der Waals surface area contributed by atoms with Crippen molar-refractivity contribution in [3.05, 3.63) is 29.6 Å². The van der Waals surface area contributed by atoms with E-state index in [4.69, 9.17) is 5.11 Å². The lowest BCUT2D eigenvalue weighted by Gasteiger charge is -2.13. The van der Waals surface area contributed by atoms with Crippen molar-refractivity contribution in [1.29, 1.82) is 0 Å². The maximum atomic E-state index is 11.9. The van der Waals surface area contributed by atoms with Gasteiger partial charge in [0.25, 0.3) is 0 Å². The van der Waals surface area contributed by atoms with Crippen molar-refractivity contribution < 1.29 is 18.3 Å². The van der Waals surface area contributed by atoms with Crippen LogP contribution in [0.1, 0.15) is 17.4 Å². The number of hydrogen-bond acceptors (Lipinski definition) is 2. The maximum Gasteiger partial charge on any atom is 0.420 e. The lowest BCUT2D eigenvalue weighted by atomic mass is 10.2. The van der Waals surface area contributed by atoms with Gasteiger partial charge in [0.15, 0.2) is 6.10 Å². The van der Waals surface area contributed by atoms with Gasteiger partial charge in [-0.05, 0) is 18.6 Å². The molecule has 2 nitrogen and oxygen atoms in total. The first-order chi connectivity index (χ1) is 5.91. The van der Waals surface area contributed by atoms with E-state index in [1.807, 2.05) is 0 Å². The van der Waals surface area contributed by atoms with Crippen LogP contribution in [-0.4, -0.2) is 16.3 Å². The van der Waals surface area contributed by atoms with Gasteiger partial charge in [0, 0.05) is 6.20 Å². The Morgan fingerprint density at radius 1 is 1.38 bits per heavy atom. The van der Waals surface area contributed by atoms with Crippen molar-refractivity contribution in [3.63, 3.8) is 0 Å². The molecule has 0 radical (unpaired) electrons.